The highest BCUT2D eigenvalue weighted by atomic mass is 19.1. The van der Waals surface area contributed by atoms with Crippen molar-refractivity contribution in [3.63, 3.8) is 0 Å². The van der Waals surface area contributed by atoms with Crippen molar-refractivity contribution < 1.29 is 9.13 Å². The molecule has 1 heterocycles. The number of halogens is 1. The van der Waals surface area contributed by atoms with E-state index in [0.717, 1.165) is 30.2 Å². The van der Waals surface area contributed by atoms with Gasteiger partial charge in [-0.05, 0) is 33.3 Å². The predicted octanol–water partition coefficient (Wildman–Crippen LogP) is 3.20. The number of guanidine groups is 1. The summed E-state index contributed by atoms with van der Waals surface area (Å²) in [6, 6.07) is 8.20. The maximum absolute atomic E-state index is 12.3. The maximum atomic E-state index is 12.3. The zero-order valence-electron chi connectivity index (χ0n) is 13.7. The molecule has 0 aromatic heterocycles. The molecule has 0 spiro atoms. The molecule has 1 aliphatic heterocycles. The Balaban J connectivity index is 2.17. The third-order valence-corrected chi connectivity index (χ3v) is 3.59. The SMILES string of the molecule is CCNC(=NCCCF)NC1CC(C)(C)Oc2ccccc21. The Labute approximate surface area is 132 Å². The smallest absolute Gasteiger partial charge is 0.191 e. The summed E-state index contributed by atoms with van der Waals surface area (Å²) in [6.45, 7) is 7.12. The maximum Gasteiger partial charge on any atom is 0.191 e. The van der Waals surface area contributed by atoms with Crippen LogP contribution in [0.1, 0.15) is 45.2 Å². The molecule has 0 radical (unpaired) electrons. The highest BCUT2D eigenvalue weighted by molar-refractivity contribution is 5.80. The van der Waals surface area contributed by atoms with Gasteiger partial charge in [-0.3, -0.25) is 9.38 Å². The molecular weight excluding hydrogens is 281 g/mol. The molecule has 0 aliphatic carbocycles. The van der Waals surface area contributed by atoms with Crippen LogP contribution < -0.4 is 15.4 Å². The number of alkyl halides is 1. The molecule has 1 unspecified atom stereocenters. The second kappa shape index (κ2) is 7.47. The molecule has 122 valence electrons. The van der Waals surface area contributed by atoms with Gasteiger partial charge in [0.15, 0.2) is 5.96 Å². The van der Waals surface area contributed by atoms with Crippen molar-refractivity contribution in [3.8, 4) is 5.75 Å². The molecule has 0 fully saturated rings. The van der Waals surface area contributed by atoms with Gasteiger partial charge in [-0.1, -0.05) is 18.2 Å². The van der Waals surface area contributed by atoms with Gasteiger partial charge in [-0.25, -0.2) is 0 Å². The molecule has 0 saturated heterocycles. The Morgan fingerprint density at radius 1 is 1.41 bits per heavy atom. The number of ether oxygens (including phenoxy) is 1. The lowest BCUT2D eigenvalue weighted by Gasteiger charge is -2.38. The fourth-order valence-electron chi connectivity index (χ4n) is 2.67. The molecule has 0 amide bonds. The van der Waals surface area contributed by atoms with Crippen molar-refractivity contribution in [2.75, 3.05) is 19.8 Å². The van der Waals surface area contributed by atoms with Crippen LogP contribution in [-0.4, -0.2) is 31.3 Å². The molecule has 22 heavy (non-hydrogen) atoms. The summed E-state index contributed by atoms with van der Waals surface area (Å²) in [6.07, 6.45) is 1.30. The van der Waals surface area contributed by atoms with Gasteiger partial charge >= 0.3 is 0 Å². The first-order chi connectivity index (χ1) is 10.6. The Kier molecular flexibility index (Phi) is 5.63. The van der Waals surface area contributed by atoms with Crippen LogP contribution in [0, 0.1) is 0 Å². The predicted molar refractivity (Wildman–Crippen MR) is 88.2 cm³/mol. The number of nitrogens with zero attached hydrogens (tertiary/aromatic N) is 1. The van der Waals surface area contributed by atoms with Gasteiger partial charge in [-0.15, -0.1) is 0 Å². The fourth-order valence-corrected chi connectivity index (χ4v) is 2.67. The first-order valence-electron chi connectivity index (χ1n) is 7.94. The number of nitrogens with one attached hydrogen (secondary N) is 2. The largest absolute Gasteiger partial charge is 0.487 e. The molecule has 4 nitrogen and oxygen atoms in total. The lowest BCUT2D eigenvalue weighted by Crippen LogP contribution is -2.45. The van der Waals surface area contributed by atoms with E-state index in [0.29, 0.717) is 13.0 Å². The van der Waals surface area contributed by atoms with Gasteiger partial charge < -0.3 is 15.4 Å². The van der Waals surface area contributed by atoms with Crippen LogP contribution in [0.25, 0.3) is 0 Å². The zero-order valence-corrected chi connectivity index (χ0v) is 13.7. The molecule has 2 rings (SSSR count). The minimum Gasteiger partial charge on any atom is -0.487 e. The highest BCUT2D eigenvalue weighted by Gasteiger charge is 2.33. The number of rotatable bonds is 5. The highest BCUT2D eigenvalue weighted by Crippen LogP contribution is 2.39. The standard InChI is InChI=1S/C17H26FN3O/c1-4-19-16(20-11-7-10-18)21-14-12-17(2,3)22-15-9-6-5-8-13(14)15/h5-6,8-9,14H,4,7,10-12H2,1-3H3,(H2,19,20,21). The van der Waals surface area contributed by atoms with Crippen molar-refractivity contribution in [1.29, 1.82) is 0 Å². The van der Waals surface area contributed by atoms with E-state index in [1.54, 1.807) is 0 Å². The summed E-state index contributed by atoms with van der Waals surface area (Å²) >= 11 is 0. The lowest BCUT2D eigenvalue weighted by molar-refractivity contribution is 0.0694. The van der Waals surface area contributed by atoms with Crippen molar-refractivity contribution in [3.05, 3.63) is 29.8 Å². The van der Waals surface area contributed by atoms with Crippen LogP contribution >= 0.6 is 0 Å². The topological polar surface area (TPSA) is 45.7 Å². The van der Waals surface area contributed by atoms with Crippen molar-refractivity contribution in [2.24, 2.45) is 4.99 Å². The molecule has 1 aliphatic rings. The Morgan fingerprint density at radius 3 is 2.91 bits per heavy atom. The summed E-state index contributed by atoms with van der Waals surface area (Å²) in [4.78, 5) is 4.43. The molecule has 5 heteroatoms. The number of aliphatic imine (C=N–C) groups is 1. The summed E-state index contributed by atoms with van der Waals surface area (Å²) < 4.78 is 18.3. The minimum absolute atomic E-state index is 0.128. The zero-order chi connectivity index (χ0) is 16.0. The van der Waals surface area contributed by atoms with E-state index >= 15 is 0 Å². The van der Waals surface area contributed by atoms with E-state index in [2.05, 4.69) is 35.5 Å². The van der Waals surface area contributed by atoms with Gasteiger partial charge in [0, 0.05) is 25.1 Å². The van der Waals surface area contributed by atoms with Crippen LogP contribution in [0.3, 0.4) is 0 Å². The minimum atomic E-state index is -0.337. The summed E-state index contributed by atoms with van der Waals surface area (Å²) in [5.74, 6) is 1.64. The molecule has 0 saturated carbocycles. The molecular formula is C17H26FN3O. The van der Waals surface area contributed by atoms with Crippen molar-refractivity contribution in [1.82, 2.24) is 10.6 Å². The average Bonchev–Trinajstić information content (AvgIpc) is 2.46. The second-order valence-electron chi connectivity index (χ2n) is 6.10. The normalized spacial score (nSPS) is 20.0. The third-order valence-electron chi connectivity index (χ3n) is 3.59. The van der Waals surface area contributed by atoms with E-state index in [1.807, 2.05) is 25.1 Å². The number of benzene rings is 1. The monoisotopic (exact) mass is 307 g/mol. The molecule has 1 aromatic rings. The third kappa shape index (κ3) is 4.36. The fraction of sp³-hybridized carbons (Fsp3) is 0.588. The Hall–Kier alpha value is -1.78. The van der Waals surface area contributed by atoms with Crippen LogP contribution in [0.5, 0.6) is 5.75 Å². The number of hydrogen-bond donors (Lipinski definition) is 2. The van der Waals surface area contributed by atoms with E-state index in [1.165, 1.54) is 0 Å². The Bertz CT molecular complexity index is 516. The van der Waals surface area contributed by atoms with E-state index in [4.69, 9.17) is 4.74 Å². The van der Waals surface area contributed by atoms with Crippen molar-refractivity contribution in [2.45, 2.75) is 45.3 Å². The average molecular weight is 307 g/mol. The van der Waals surface area contributed by atoms with Gasteiger partial charge in [0.1, 0.15) is 11.4 Å². The number of fused-ring (bicyclic) bond motifs is 1. The number of hydrogen-bond acceptors (Lipinski definition) is 2. The van der Waals surface area contributed by atoms with Crippen molar-refractivity contribution >= 4 is 5.96 Å². The van der Waals surface area contributed by atoms with E-state index < -0.39 is 0 Å². The Morgan fingerprint density at radius 2 is 2.18 bits per heavy atom. The number of para-hydroxylation sites is 1. The van der Waals surface area contributed by atoms with Crippen LogP contribution in [0.15, 0.2) is 29.3 Å². The summed E-state index contributed by atoms with van der Waals surface area (Å²) in [5.41, 5.74) is 0.903. The molecule has 1 atom stereocenters. The van der Waals surface area contributed by atoms with E-state index in [-0.39, 0.29) is 18.3 Å². The second-order valence-corrected chi connectivity index (χ2v) is 6.10. The molecule has 1 aromatic carbocycles. The van der Waals surface area contributed by atoms with Crippen LogP contribution in [0.2, 0.25) is 0 Å². The summed E-state index contributed by atoms with van der Waals surface area (Å²) in [5, 5.41) is 6.69. The van der Waals surface area contributed by atoms with Gasteiger partial charge in [0.2, 0.25) is 0 Å². The summed E-state index contributed by atoms with van der Waals surface area (Å²) in [7, 11) is 0. The van der Waals surface area contributed by atoms with Crippen LogP contribution in [0.4, 0.5) is 4.39 Å². The van der Waals surface area contributed by atoms with Crippen LogP contribution in [-0.2, 0) is 0 Å². The van der Waals surface area contributed by atoms with Gasteiger partial charge in [0.05, 0.1) is 12.7 Å². The lowest BCUT2D eigenvalue weighted by atomic mass is 9.90. The van der Waals surface area contributed by atoms with Gasteiger partial charge in [-0.2, -0.15) is 0 Å². The first-order valence-corrected chi connectivity index (χ1v) is 7.94. The molecule has 0 bridgehead atoms. The van der Waals surface area contributed by atoms with E-state index in [9.17, 15) is 4.39 Å². The first kappa shape index (κ1) is 16.6. The quantitative estimate of drug-likeness (QED) is 0.499. The van der Waals surface area contributed by atoms with Gasteiger partial charge in [0.25, 0.3) is 0 Å². The molecule has 2 N–H and O–H groups in total.